The van der Waals surface area contributed by atoms with Crippen molar-refractivity contribution in [1.82, 2.24) is 0 Å². The number of hydrogen-bond donors (Lipinski definition) is 2. The van der Waals surface area contributed by atoms with E-state index in [0.29, 0.717) is 0 Å². The molecule has 0 aliphatic rings. The molecule has 1 aromatic rings. The summed E-state index contributed by atoms with van der Waals surface area (Å²) in [6, 6.07) is 3.18. The van der Waals surface area contributed by atoms with Gasteiger partial charge in [-0.3, -0.25) is 4.79 Å². The Hall–Kier alpha value is -1.55. The first-order valence-electron chi connectivity index (χ1n) is 5.08. The molecular weight excluding hydrogens is 206 g/mol. The van der Waals surface area contributed by atoms with Crippen LogP contribution in [0.2, 0.25) is 0 Å². The number of phenolic OH excluding ortho intramolecular Hbond substituents is 1. The van der Waals surface area contributed by atoms with Gasteiger partial charge in [-0.1, -0.05) is 12.1 Å². The van der Waals surface area contributed by atoms with Crippen LogP contribution in [0, 0.1) is 13.8 Å². The molecule has 0 amide bonds. The Labute approximate surface area is 95.0 Å². The first kappa shape index (κ1) is 12.5. The summed E-state index contributed by atoms with van der Waals surface area (Å²) < 4.78 is 4.56. The van der Waals surface area contributed by atoms with E-state index >= 15 is 0 Å². The number of carbonyl (C=O) groups excluding carboxylic acids is 1. The van der Waals surface area contributed by atoms with Crippen LogP contribution < -0.4 is 5.73 Å². The Balaban J connectivity index is 2.92. The average molecular weight is 223 g/mol. The van der Waals surface area contributed by atoms with E-state index in [9.17, 15) is 9.90 Å². The van der Waals surface area contributed by atoms with Gasteiger partial charge in [-0.2, -0.15) is 0 Å². The SMILES string of the molecule is COC(=O)C[C@H](N)c1cc(C)c(O)c(C)c1. The highest BCUT2D eigenvalue weighted by molar-refractivity contribution is 5.70. The summed E-state index contributed by atoms with van der Waals surface area (Å²) in [7, 11) is 1.34. The number of phenols is 1. The topological polar surface area (TPSA) is 72.5 Å². The van der Waals surface area contributed by atoms with Gasteiger partial charge in [-0.15, -0.1) is 0 Å². The maximum atomic E-state index is 11.1. The normalized spacial score (nSPS) is 12.2. The third-order valence-electron chi connectivity index (χ3n) is 2.56. The lowest BCUT2D eigenvalue weighted by Crippen LogP contribution is -2.16. The Bertz CT molecular complexity index is 378. The van der Waals surface area contributed by atoms with E-state index in [1.165, 1.54) is 7.11 Å². The van der Waals surface area contributed by atoms with Gasteiger partial charge < -0.3 is 15.6 Å². The molecule has 0 aromatic heterocycles. The molecule has 0 fully saturated rings. The Morgan fingerprint density at radius 3 is 2.38 bits per heavy atom. The van der Waals surface area contributed by atoms with Crippen LogP contribution in [0.4, 0.5) is 0 Å². The smallest absolute Gasteiger partial charge is 0.307 e. The van der Waals surface area contributed by atoms with Crippen molar-refractivity contribution in [2.75, 3.05) is 7.11 Å². The number of aromatic hydroxyl groups is 1. The van der Waals surface area contributed by atoms with Crippen LogP contribution in [0.5, 0.6) is 5.75 Å². The van der Waals surface area contributed by atoms with Gasteiger partial charge >= 0.3 is 5.97 Å². The number of carbonyl (C=O) groups is 1. The third-order valence-corrected chi connectivity index (χ3v) is 2.56. The highest BCUT2D eigenvalue weighted by Crippen LogP contribution is 2.26. The molecule has 1 atom stereocenters. The van der Waals surface area contributed by atoms with E-state index in [0.717, 1.165) is 16.7 Å². The van der Waals surface area contributed by atoms with Crippen molar-refractivity contribution < 1.29 is 14.6 Å². The van der Waals surface area contributed by atoms with Crippen LogP contribution in [-0.2, 0) is 9.53 Å². The van der Waals surface area contributed by atoms with E-state index < -0.39 is 6.04 Å². The summed E-state index contributed by atoms with van der Waals surface area (Å²) in [5.74, 6) is -0.0649. The molecule has 0 bridgehead atoms. The van der Waals surface area contributed by atoms with Crippen molar-refractivity contribution in [1.29, 1.82) is 0 Å². The zero-order valence-electron chi connectivity index (χ0n) is 9.78. The van der Waals surface area contributed by atoms with Gasteiger partial charge in [0.05, 0.1) is 13.5 Å². The van der Waals surface area contributed by atoms with E-state index in [4.69, 9.17) is 5.73 Å². The van der Waals surface area contributed by atoms with Crippen molar-refractivity contribution in [2.45, 2.75) is 26.3 Å². The molecule has 0 aliphatic heterocycles. The zero-order valence-corrected chi connectivity index (χ0v) is 9.78. The predicted octanol–water partition coefficient (Wildman–Crippen LogP) is 1.57. The molecule has 1 aromatic carbocycles. The fourth-order valence-corrected chi connectivity index (χ4v) is 1.58. The quantitative estimate of drug-likeness (QED) is 0.763. The molecule has 1 rings (SSSR count). The second kappa shape index (κ2) is 4.99. The van der Waals surface area contributed by atoms with Gasteiger partial charge in [0, 0.05) is 6.04 Å². The highest BCUT2D eigenvalue weighted by atomic mass is 16.5. The lowest BCUT2D eigenvalue weighted by Gasteiger charge is -2.13. The molecule has 4 nitrogen and oxygen atoms in total. The van der Waals surface area contributed by atoms with E-state index in [-0.39, 0.29) is 18.1 Å². The average Bonchev–Trinajstić information content (AvgIpc) is 2.24. The molecule has 4 heteroatoms. The van der Waals surface area contributed by atoms with Crippen LogP contribution in [0.25, 0.3) is 0 Å². The van der Waals surface area contributed by atoms with Crippen molar-refractivity contribution >= 4 is 5.97 Å². The molecule has 0 spiro atoms. The van der Waals surface area contributed by atoms with E-state index in [2.05, 4.69) is 4.74 Å². The third kappa shape index (κ3) is 2.73. The molecular formula is C12H17NO3. The fraction of sp³-hybridized carbons (Fsp3) is 0.417. The number of rotatable bonds is 3. The molecule has 0 aliphatic carbocycles. The number of hydrogen-bond acceptors (Lipinski definition) is 4. The minimum atomic E-state index is -0.398. The fourth-order valence-electron chi connectivity index (χ4n) is 1.58. The van der Waals surface area contributed by atoms with Gasteiger partial charge in [-0.05, 0) is 30.5 Å². The van der Waals surface area contributed by atoms with Crippen molar-refractivity contribution in [3.8, 4) is 5.75 Å². The van der Waals surface area contributed by atoms with Crippen LogP contribution in [-0.4, -0.2) is 18.2 Å². The Kier molecular flexibility index (Phi) is 3.90. The molecule has 0 heterocycles. The van der Waals surface area contributed by atoms with Gasteiger partial charge in [0.15, 0.2) is 0 Å². The minimum absolute atomic E-state index is 0.139. The van der Waals surface area contributed by atoms with Gasteiger partial charge in [0.2, 0.25) is 0 Å². The maximum Gasteiger partial charge on any atom is 0.307 e. The molecule has 3 N–H and O–H groups in total. The first-order valence-corrected chi connectivity index (χ1v) is 5.08. The number of benzene rings is 1. The van der Waals surface area contributed by atoms with Crippen molar-refractivity contribution in [3.05, 3.63) is 28.8 Å². The molecule has 0 saturated heterocycles. The molecule has 88 valence electrons. The summed E-state index contributed by atoms with van der Waals surface area (Å²) >= 11 is 0. The maximum absolute atomic E-state index is 11.1. The van der Waals surface area contributed by atoms with Crippen LogP contribution in [0.15, 0.2) is 12.1 Å². The number of ether oxygens (including phenoxy) is 1. The second-order valence-electron chi connectivity index (χ2n) is 3.89. The zero-order chi connectivity index (χ0) is 12.3. The Morgan fingerprint density at radius 1 is 1.44 bits per heavy atom. The van der Waals surface area contributed by atoms with E-state index in [1.807, 2.05) is 0 Å². The number of methoxy groups -OCH3 is 1. The molecule has 0 saturated carbocycles. The summed E-state index contributed by atoms with van der Waals surface area (Å²) in [5.41, 5.74) is 8.23. The lowest BCUT2D eigenvalue weighted by molar-refractivity contribution is -0.141. The lowest BCUT2D eigenvalue weighted by atomic mass is 9.99. The number of nitrogens with two attached hydrogens (primary N) is 1. The van der Waals surface area contributed by atoms with E-state index in [1.54, 1.807) is 26.0 Å². The van der Waals surface area contributed by atoms with Gasteiger partial charge in [0.25, 0.3) is 0 Å². The summed E-state index contributed by atoms with van der Waals surface area (Å²) in [4.78, 5) is 11.1. The summed E-state index contributed by atoms with van der Waals surface area (Å²) in [5, 5.41) is 9.61. The summed E-state index contributed by atoms with van der Waals surface area (Å²) in [6.45, 7) is 3.60. The Morgan fingerprint density at radius 2 is 1.94 bits per heavy atom. The molecule has 0 radical (unpaired) electrons. The van der Waals surface area contributed by atoms with Gasteiger partial charge in [-0.25, -0.2) is 0 Å². The number of aryl methyl sites for hydroxylation is 2. The van der Waals surface area contributed by atoms with Gasteiger partial charge in [0.1, 0.15) is 5.75 Å². The van der Waals surface area contributed by atoms with Crippen molar-refractivity contribution in [2.24, 2.45) is 5.73 Å². The number of esters is 1. The monoisotopic (exact) mass is 223 g/mol. The standard InChI is InChI=1S/C12H17NO3/c1-7-4-9(5-8(2)12(7)15)10(13)6-11(14)16-3/h4-5,10,15H,6,13H2,1-3H3/t10-/m0/s1. The molecule has 16 heavy (non-hydrogen) atoms. The highest BCUT2D eigenvalue weighted by Gasteiger charge is 2.14. The van der Waals surface area contributed by atoms with Crippen LogP contribution >= 0.6 is 0 Å². The first-order chi connectivity index (χ1) is 7.45. The van der Waals surface area contributed by atoms with Crippen molar-refractivity contribution in [3.63, 3.8) is 0 Å². The second-order valence-corrected chi connectivity index (χ2v) is 3.89. The largest absolute Gasteiger partial charge is 0.507 e. The summed E-state index contributed by atoms with van der Waals surface area (Å²) in [6.07, 6.45) is 0.139. The van der Waals surface area contributed by atoms with Crippen LogP contribution in [0.3, 0.4) is 0 Å². The predicted molar refractivity (Wildman–Crippen MR) is 61.1 cm³/mol. The molecule has 0 unspecified atom stereocenters. The van der Waals surface area contributed by atoms with Crippen LogP contribution in [0.1, 0.15) is 29.2 Å². The minimum Gasteiger partial charge on any atom is -0.507 e.